The Morgan fingerprint density at radius 3 is 2.94 bits per heavy atom. The molecule has 1 aromatic rings. The van der Waals surface area contributed by atoms with Crippen molar-refractivity contribution >= 4 is 29.0 Å². The Morgan fingerprint density at radius 2 is 2.33 bits per heavy atom. The molecule has 0 unspecified atom stereocenters. The summed E-state index contributed by atoms with van der Waals surface area (Å²) in [6.07, 6.45) is 2.26. The van der Waals surface area contributed by atoms with E-state index in [1.165, 1.54) is 4.88 Å². The van der Waals surface area contributed by atoms with Gasteiger partial charge in [-0.25, -0.2) is 0 Å². The van der Waals surface area contributed by atoms with Crippen LogP contribution in [-0.2, 0) is 10.5 Å². The Labute approximate surface area is 115 Å². The van der Waals surface area contributed by atoms with E-state index >= 15 is 0 Å². The summed E-state index contributed by atoms with van der Waals surface area (Å²) in [5, 5.41) is 12.2. The standard InChI is InChI=1S/C13H17NO2S2/c15-12(7-17-6-11-2-1-5-18-11)14-8-13(16,9-14)10-3-4-10/h1-2,5,10,16H,3-4,6-9H2. The Bertz CT molecular complexity index is 422. The summed E-state index contributed by atoms with van der Waals surface area (Å²) >= 11 is 3.39. The lowest BCUT2D eigenvalue weighted by atomic mass is 9.89. The Balaban J connectivity index is 1.38. The summed E-state index contributed by atoms with van der Waals surface area (Å²) in [7, 11) is 0. The van der Waals surface area contributed by atoms with E-state index in [9.17, 15) is 9.90 Å². The largest absolute Gasteiger partial charge is 0.386 e. The average molecular weight is 283 g/mol. The van der Waals surface area contributed by atoms with Crippen molar-refractivity contribution in [1.82, 2.24) is 4.90 Å². The van der Waals surface area contributed by atoms with Gasteiger partial charge in [0.15, 0.2) is 0 Å². The van der Waals surface area contributed by atoms with E-state index in [4.69, 9.17) is 0 Å². The second-order valence-electron chi connectivity index (χ2n) is 5.20. The molecule has 1 aliphatic heterocycles. The molecule has 1 aliphatic carbocycles. The van der Waals surface area contributed by atoms with Gasteiger partial charge in [0.1, 0.15) is 5.60 Å². The maximum absolute atomic E-state index is 11.9. The van der Waals surface area contributed by atoms with Gasteiger partial charge >= 0.3 is 0 Å². The number of hydrogen-bond donors (Lipinski definition) is 1. The molecular formula is C13H17NO2S2. The first-order chi connectivity index (χ1) is 8.67. The van der Waals surface area contributed by atoms with Gasteiger partial charge in [-0.15, -0.1) is 23.1 Å². The van der Waals surface area contributed by atoms with Crippen molar-refractivity contribution in [3.63, 3.8) is 0 Å². The van der Waals surface area contributed by atoms with Gasteiger partial charge in [-0.1, -0.05) is 6.07 Å². The van der Waals surface area contributed by atoms with E-state index in [0.29, 0.717) is 24.8 Å². The molecule has 5 heteroatoms. The molecule has 0 radical (unpaired) electrons. The lowest BCUT2D eigenvalue weighted by molar-refractivity contribution is -0.156. The van der Waals surface area contributed by atoms with E-state index in [-0.39, 0.29) is 5.91 Å². The van der Waals surface area contributed by atoms with Gasteiger partial charge in [0, 0.05) is 10.6 Å². The fourth-order valence-electron chi connectivity index (χ4n) is 2.39. The number of nitrogens with zero attached hydrogens (tertiary/aromatic N) is 1. The van der Waals surface area contributed by atoms with Crippen LogP contribution in [0.2, 0.25) is 0 Å². The minimum Gasteiger partial charge on any atom is -0.386 e. The minimum atomic E-state index is -0.548. The van der Waals surface area contributed by atoms with Crippen LogP contribution in [0.15, 0.2) is 17.5 Å². The maximum Gasteiger partial charge on any atom is 0.232 e. The van der Waals surface area contributed by atoms with Gasteiger partial charge in [0.2, 0.25) is 5.91 Å². The first-order valence-electron chi connectivity index (χ1n) is 6.28. The van der Waals surface area contributed by atoms with Crippen molar-refractivity contribution in [2.24, 2.45) is 5.92 Å². The zero-order valence-corrected chi connectivity index (χ0v) is 11.8. The zero-order valence-electron chi connectivity index (χ0n) is 10.2. The number of aliphatic hydroxyl groups is 1. The second-order valence-corrected chi connectivity index (χ2v) is 7.22. The van der Waals surface area contributed by atoms with Crippen LogP contribution < -0.4 is 0 Å². The molecule has 2 heterocycles. The summed E-state index contributed by atoms with van der Waals surface area (Å²) in [5.41, 5.74) is -0.548. The summed E-state index contributed by atoms with van der Waals surface area (Å²) in [6, 6.07) is 4.13. The topological polar surface area (TPSA) is 40.5 Å². The predicted octanol–water partition coefficient (Wildman–Crippen LogP) is 1.96. The third-order valence-corrected chi connectivity index (χ3v) is 5.69. The number of β-amino-alcohol motifs (C(OH)–C–C–N with tert-alkyl or cyclic N) is 1. The number of thioether (sulfide) groups is 1. The van der Waals surface area contributed by atoms with Gasteiger partial charge in [-0.3, -0.25) is 4.79 Å². The van der Waals surface area contributed by atoms with Crippen LogP contribution in [0.1, 0.15) is 17.7 Å². The molecular weight excluding hydrogens is 266 g/mol. The molecule has 1 aromatic heterocycles. The molecule has 18 heavy (non-hydrogen) atoms. The molecule has 2 aliphatic rings. The SMILES string of the molecule is O=C(CSCc1cccs1)N1CC(O)(C2CC2)C1. The number of rotatable bonds is 5. The number of amides is 1. The fraction of sp³-hybridized carbons (Fsp3) is 0.615. The van der Waals surface area contributed by atoms with Gasteiger partial charge in [-0.2, -0.15) is 0 Å². The van der Waals surface area contributed by atoms with E-state index in [1.807, 2.05) is 6.07 Å². The zero-order chi connectivity index (χ0) is 12.6. The molecule has 0 atom stereocenters. The van der Waals surface area contributed by atoms with Crippen molar-refractivity contribution in [2.75, 3.05) is 18.8 Å². The number of thiophene rings is 1. The van der Waals surface area contributed by atoms with Crippen LogP contribution in [0.25, 0.3) is 0 Å². The van der Waals surface area contributed by atoms with Crippen LogP contribution in [0.5, 0.6) is 0 Å². The van der Waals surface area contributed by atoms with E-state index < -0.39 is 5.60 Å². The highest BCUT2D eigenvalue weighted by Gasteiger charge is 2.53. The highest BCUT2D eigenvalue weighted by molar-refractivity contribution is 7.99. The van der Waals surface area contributed by atoms with Crippen LogP contribution >= 0.6 is 23.1 Å². The lowest BCUT2D eigenvalue weighted by Crippen LogP contribution is -2.65. The Morgan fingerprint density at radius 1 is 1.56 bits per heavy atom. The van der Waals surface area contributed by atoms with E-state index in [2.05, 4.69) is 11.4 Å². The highest BCUT2D eigenvalue weighted by atomic mass is 32.2. The summed E-state index contributed by atoms with van der Waals surface area (Å²) in [5.74, 6) is 2.06. The molecule has 3 rings (SSSR count). The molecule has 1 amide bonds. The summed E-state index contributed by atoms with van der Waals surface area (Å²) in [6.45, 7) is 1.10. The normalized spacial score (nSPS) is 21.7. The van der Waals surface area contributed by atoms with Gasteiger partial charge in [-0.05, 0) is 30.2 Å². The molecule has 98 valence electrons. The molecule has 0 aromatic carbocycles. The van der Waals surface area contributed by atoms with Gasteiger partial charge < -0.3 is 10.0 Å². The van der Waals surface area contributed by atoms with Crippen LogP contribution in [0.3, 0.4) is 0 Å². The van der Waals surface area contributed by atoms with Gasteiger partial charge in [0.25, 0.3) is 0 Å². The quantitative estimate of drug-likeness (QED) is 0.898. The molecule has 3 nitrogen and oxygen atoms in total. The first kappa shape index (κ1) is 12.5. The summed E-state index contributed by atoms with van der Waals surface area (Å²) < 4.78 is 0. The number of carbonyl (C=O) groups excluding carboxylic acids is 1. The predicted molar refractivity (Wildman–Crippen MR) is 74.7 cm³/mol. The third kappa shape index (κ3) is 2.58. The number of hydrogen-bond acceptors (Lipinski definition) is 4. The van der Waals surface area contributed by atoms with E-state index in [0.717, 1.165) is 18.6 Å². The highest BCUT2D eigenvalue weighted by Crippen LogP contribution is 2.44. The number of likely N-dealkylation sites (tertiary alicyclic amines) is 1. The monoisotopic (exact) mass is 283 g/mol. The molecule has 0 bridgehead atoms. The molecule has 1 saturated heterocycles. The van der Waals surface area contributed by atoms with Crippen molar-refractivity contribution in [3.8, 4) is 0 Å². The van der Waals surface area contributed by atoms with Crippen molar-refractivity contribution < 1.29 is 9.90 Å². The Hall–Kier alpha value is -0.520. The Kier molecular flexibility index (Phi) is 3.38. The molecule has 1 saturated carbocycles. The average Bonchev–Trinajstić information content (AvgIpc) is 3.04. The smallest absolute Gasteiger partial charge is 0.232 e. The van der Waals surface area contributed by atoms with Crippen LogP contribution in [-0.4, -0.2) is 40.4 Å². The van der Waals surface area contributed by atoms with Gasteiger partial charge in [0.05, 0.1) is 18.8 Å². The molecule has 0 spiro atoms. The first-order valence-corrected chi connectivity index (χ1v) is 8.31. The number of carbonyl (C=O) groups is 1. The third-order valence-electron chi connectivity index (χ3n) is 3.67. The van der Waals surface area contributed by atoms with Crippen LogP contribution in [0, 0.1) is 5.92 Å². The lowest BCUT2D eigenvalue weighted by Gasteiger charge is -2.47. The molecule has 1 N–H and O–H groups in total. The van der Waals surface area contributed by atoms with Crippen molar-refractivity contribution in [3.05, 3.63) is 22.4 Å². The van der Waals surface area contributed by atoms with Crippen molar-refractivity contribution in [1.29, 1.82) is 0 Å². The van der Waals surface area contributed by atoms with Crippen LogP contribution in [0.4, 0.5) is 0 Å². The summed E-state index contributed by atoms with van der Waals surface area (Å²) in [4.78, 5) is 15.0. The fourth-order valence-corrected chi connectivity index (χ4v) is 4.16. The van der Waals surface area contributed by atoms with E-state index in [1.54, 1.807) is 28.0 Å². The maximum atomic E-state index is 11.9. The minimum absolute atomic E-state index is 0.168. The molecule has 2 fully saturated rings. The van der Waals surface area contributed by atoms with Crippen molar-refractivity contribution in [2.45, 2.75) is 24.2 Å². The second kappa shape index (κ2) is 4.87.